The number of pyridine rings is 1. The Bertz CT molecular complexity index is 1620. The van der Waals surface area contributed by atoms with Crippen molar-refractivity contribution < 1.29 is 0 Å². The second kappa shape index (κ2) is 65.6. The van der Waals surface area contributed by atoms with Crippen LogP contribution in [0.3, 0.4) is 0 Å². The number of hydrogen-bond donors (Lipinski definition) is 0. The lowest BCUT2D eigenvalue weighted by Crippen LogP contribution is -1.96. The molecule has 7 heterocycles. The zero-order chi connectivity index (χ0) is 60.8. The standard InChI is InChI=1S/C8H11N.4C7H10N2.2C6H9N3.7C2H6/c1-7(2)8-5-3-4-6-9-8;1-6(2)7-5-8-3-4-9-7;1-6(2)7-3-4-8-5-9-7;1-6(2)7-8-4-3-5-9-7;1-6(2)7-4-3-5-8-9-7;1-5(2)6-3-7-4-8-9-6;1-5(2)6-7-3-4-8-9-6;7*1-2/h3-7H,1-2H3;4*3-6H,1-2H3;2*3-5H,1-2H3;7*1-2H3. The minimum atomic E-state index is 0.374. The van der Waals surface area contributed by atoms with Crippen LogP contribution < -0.4 is 0 Å². The van der Waals surface area contributed by atoms with Crippen molar-refractivity contribution in [1.82, 2.24) is 75.4 Å². The van der Waals surface area contributed by atoms with Crippen molar-refractivity contribution in [2.24, 2.45) is 0 Å². The summed E-state index contributed by atoms with van der Waals surface area (Å²) in [5.74, 6) is 4.97. The third-order valence-corrected chi connectivity index (χ3v) is 8.04. The molecule has 15 nitrogen and oxygen atoms in total. The summed E-state index contributed by atoms with van der Waals surface area (Å²) in [5.41, 5.74) is 5.31. The van der Waals surface area contributed by atoms with E-state index in [1.54, 1.807) is 68.3 Å². The van der Waals surface area contributed by atoms with Crippen LogP contribution in [0.1, 0.15) is 275 Å². The van der Waals surface area contributed by atoms with Crippen molar-refractivity contribution in [3.05, 3.63) is 163 Å². The third kappa shape index (κ3) is 52.7. The van der Waals surface area contributed by atoms with Gasteiger partial charge < -0.3 is 0 Å². The fourth-order valence-corrected chi connectivity index (χ4v) is 4.24. The summed E-state index contributed by atoms with van der Waals surface area (Å²) in [4.78, 5) is 36.1. The molecular weight excluding hydrogens is 955 g/mol. The average molecular weight is 1070 g/mol. The van der Waals surface area contributed by atoms with Crippen molar-refractivity contribution in [1.29, 1.82) is 0 Å². The summed E-state index contributed by atoms with van der Waals surface area (Å²) in [6.45, 7) is 57.3. The summed E-state index contributed by atoms with van der Waals surface area (Å²) < 4.78 is 0. The molecule has 0 N–H and O–H groups in total. The number of aromatic nitrogens is 15. The Hall–Kier alpha value is -6.51. The summed E-state index contributed by atoms with van der Waals surface area (Å²) >= 11 is 0. The van der Waals surface area contributed by atoms with Crippen LogP contribution in [0.5, 0.6) is 0 Å². The molecule has 0 spiro atoms. The van der Waals surface area contributed by atoms with Crippen molar-refractivity contribution in [2.45, 2.75) is 235 Å². The molecule has 434 valence electrons. The van der Waals surface area contributed by atoms with Gasteiger partial charge in [0.15, 0.2) is 5.82 Å². The first-order valence-electron chi connectivity index (χ1n) is 28.4. The lowest BCUT2D eigenvalue weighted by Gasteiger charge is -2.00. The van der Waals surface area contributed by atoms with E-state index >= 15 is 0 Å². The van der Waals surface area contributed by atoms with Gasteiger partial charge in [-0.25, -0.2) is 29.9 Å². The van der Waals surface area contributed by atoms with Gasteiger partial charge in [-0.2, -0.15) is 20.4 Å². The fourth-order valence-electron chi connectivity index (χ4n) is 4.24. The maximum atomic E-state index is 4.18. The van der Waals surface area contributed by atoms with Crippen molar-refractivity contribution >= 4 is 0 Å². The van der Waals surface area contributed by atoms with Gasteiger partial charge in [0.1, 0.15) is 18.5 Å². The highest BCUT2D eigenvalue weighted by Crippen LogP contribution is 2.11. The molecule has 7 rings (SSSR count). The summed E-state index contributed by atoms with van der Waals surface area (Å²) in [6, 6.07) is 13.6. The van der Waals surface area contributed by atoms with Gasteiger partial charge in [-0.15, -0.1) is 10.2 Å². The predicted molar refractivity (Wildman–Crippen MR) is 330 cm³/mol. The molecule has 0 saturated heterocycles. The van der Waals surface area contributed by atoms with Crippen LogP contribution in [0, 0.1) is 0 Å². The Balaban J connectivity index is -0.000000143. The van der Waals surface area contributed by atoms with Gasteiger partial charge in [0.2, 0.25) is 0 Å². The molecule has 0 saturated carbocycles. The lowest BCUT2D eigenvalue weighted by atomic mass is 10.1. The molecule has 0 aliphatic heterocycles. The van der Waals surface area contributed by atoms with E-state index in [-0.39, 0.29) is 0 Å². The molecule has 7 aromatic rings. The molecule has 0 bridgehead atoms. The molecule has 0 atom stereocenters. The smallest absolute Gasteiger partial charge is 0.153 e. The lowest BCUT2D eigenvalue weighted by molar-refractivity contribution is 0.735. The minimum Gasteiger partial charge on any atom is -0.261 e. The Morgan fingerprint density at radius 1 is 0.247 bits per heavy atom. The zero-order valence-corrected chi connectivity index (χ0v) is 53.8. The minimum absolute atomic E-state index is 0.374. The van der Waals surface area contributed by atoms with Crippen LogP contribution >= 0.6 is 0 Å². The maximum Gasteiger partial charge on any atom is 0.153 e. The van der Waals surface area contributed by atoms with E-state index in [0.29, 0.717) is 41.4 Å². The van der Waals surface area contributed by atoms with Gasteiger partial charge in [0.25, 0.3) is 0 Å². The first-order valence-corrected chi connectivity index (χ1v) is 28.4. The van der Waals surface area contributed by atoms with Gasteiger partial charge in [-0.05, 0) is 66.0 Å². The fraction of sp³-hybridized carbons (Fsp3) is 0.565. The first-order chi connectivity index (χ1) is 37.1. The van der Waals surface area contributed by atoms with E-state index in [1.807, 2.05) is 159 Å². The normalized spacial score (nSPS) is 8.82. The van der Waals surface area contributed by atoms with E-state index < -0.39 is 0 Å². The molecule has 15 heteroatoms. The molecule has 0 amide bonds. The predicted octanol–water partition coefficient (Wildman–Crippen LogP) is 17.8. The van der Waals surface area contributed by atoms with Crippen LogP contribution in [0.15, 0.2) is 123 Å². The van der Waals surface area contributed by atoms with E-state index in [2.05, 4.69) is 159 Å². The van der Waals surface area contributed by atoms with Gasteiger partial charge in [-0.1, -0.05) is 200 Å². The van der Waals surface area contributed by atoms with Gasteiger partial charge >= 0.3 is 0 Å². The van der Waals surface area contributed by atoms with E-state index in [0.717, 1.165) is 40.1 Å². The van der Waals surface area contributed by atoms with Crippen LogP contribution in [-0.4, -0.2) is 75.4 Å². The highest BCUT2D eigenvalue weighted by atomic mass is 15.1. The van der Waals surface area contributed by atoms with E-state index in [9.17, 15) is 0 Å². The van der Waals surface area contributed by atoms with Crippen LogP contribution in [0.4, 0.5) is 0 Å². The molecule has 0 radical (unpaired) electrons. The molecule has 7 aromatic heterocycles. The van der Waals surface area contributed by atoms with Crippen LogP contribution in [0.2, 0.25) is 0 Å². The van der Waals surface area contributed by atoms with Crippen LogP contribution in [0.25, 0.3) is 0 Å². The quantitative estimate of drug-likeness (QED) is 0.146. The highest BCUT2D eigenvalue weighted by Gasteiger charge is 2.01. The molecule has 0 unspecified atom stereocenters. The number of nitrogens with zero attached hydrogens (tertiary/aromatic N) is 15. The summed E-state index contributed by atoms with van der Waals surface area (Å²) in [6.07, 6.45) is 22.0. The second-order valence-electron chi connectivity index (χ2n) is 15.9. The Morgan fingerprint density at radius 3 is 0.948 bits per heavy atom. The van der Waals surface area contributed by atoms with Gasteiger partial charge in [0.05, 0.1) is 29.5 Å². The Labute approximate surface area is 472 Å². The Kier molecular flexibility index (Phi) is 71.9. The van der Waals surface area contributed by atoms with Crippen molar-refractivity contribution in [3.63, 3.8) is 0 Å². The van der Waals surface area contributed by atoms with E-state index in [1.165, 1.54) is 6.33 Å². The second-order valence-corrected chi connectivity index (χ2v) is 15.9. The maximum absolute atomic E-state index is 4.18. The van der Waals surface area contributed by atoms with E-state index in [4.69, 9.17) is 0 Å². The first kappa shape index (κ1) is 84.4. The number of hydrogen-bond acceptors (Lipinski definition) is 15. The van der Waals surface area contributed by atoms with Crippen molar-refractivity contribution in [3.8, 4) is 0 Å². The van der Waals surface area contributed by atoms with Gasteiger partial charge in [0, 0.05) is 79.0 Å². The zero-order valence-electron chi connectivity index (χ0n) is 53.8. The molecule has 77 heavy (non-hydrogen) atoms. The Morgan fingerprint density at radius 2 is 0.675 bits per heavy atom. The topological polar surface area (TPSA) is 193 Å². The van der Waals surface area contributed by atoms with Gasteiger partial charge in [-0.3, -0.25) is 15.0 Å². The largest absolute Gasteiger partial charge is 0.261 e. The average Bonchev–Trinajstić information content (AvgIpc) is 3.51. The van der Waals surface area contributed by atoms with Crippen molar-refractivity contribution in [2.75, 3.05) is 0 Å². The molecule has 0 aliphatic rings. The monoisotopic (exact) mass is 1070 g/mol. The SMILES string of the molecule is CC.CC.CC.CC.CC.CC.CC.CC(C)c1ccccn1.CC(C)c1cccnn1.CC(C)c1ccncn1.CC(C)c1cnccn1.CC(C)c1cncnn1.CC(C)c1ncccn1.CC(C)c1nccnn1. The summed E-state index contributed by atoms with van der Waals surface area (Å²) in [7, 11) is 0. The highest BCUT2D eigenvalue weighted by molar-refractivity contribution is 5.07. The number of rotatable bonds is 7. The molecule has 0 fully saturated rings. The van der Waals surface area contributed by atoms with Crippen LogP contribution in [-0.2, 0) is 0 Å². The molecule has 0 aromatic carbocycles. The summed E-state index contributed by atoms with van der Waals surface area (Å²) in [5, 5.41) is 22.7. The third-order valence-electron chi connectivity index (χ3n) is 8.04. The molecule has 0 aliphatic carbocycles. The molecular formula is C62H111N15.